The average Bonchev–Trinajstić information content (AvgIpc) is 2.42. The van der Waals surface area contributed by atoms with Crippen molar-refractivity contribution >= 4 is 21.9 Å². The maximum Gasteiger partial charge on any atom is 0.266 e. The maximum absolute atomic E-state index is 11.2. The van der Waals surface area contributed by atoms with Crippen molar-refractivity contribution in [3.63, 3.8) is 0 Å². The summed E-state index contributed by atoms with van der Waals surface area (Å²) in [7, 11) is -4.08. The molecule has 2 amide bonds. The lowest BCUT2D eigenvalue weighted by molar-refractivity contribution is -0.128. The van der Waals surface area contributed by atoms with Crippen molar-refractivity contribution in [1.29, 1.82) is 0 Å². The monoisotopic (exact) mass is 236 g/mol. The van der Waals surface area contributed by atoms with Gasteiger partial charge in [-0.15, -0.1) is 0 Å². The number of amides is 2. The Morgan fingerprint density at radius 2 is 2.20 bits per heavy atom. The highest BCUT2D eigenvalue weighted by Gasteiger charge is 2.33. The summed E-state index contributed by atoms with van der Waals surface area (Å²) < 4.78 is 29.4. The number of likely N-dealkylation sites (tertiary alicyclic amines) is 1. The van der Waals surface area contributed by atoms with Gasteiger partial charge in [-0.1, -0.05) is 0 Å². The number of carbonyl (C=O) groups excluding carboxylic acids is 2. The van der Waals surface area contributed by atoms with E-state index in [4.69, 9.17) is 10.3 Å². The second kappa shape index (κ2) is 4.15. The molecule has 0 radical (unpaired) electrons. The zero-order valence-corrected chi connectivity index (χ0v) is 8.74. The SMILES string of the molecule is NC(=O)C1CC(=O)N(CCS(=O)(=O)O)C1. The van der Waals surface area contributed by atoms with Crippen LogP contribution in [0.3, 0.4) is 0 Å². The van der Waals surface area contributed by atoms with Crippen LogP contribution >= 0.6 is 0 Å². The molecule has 15 heavy (non-hydrogen) atoms. The number of hydrogen-bond donors (Lipinski definition) is 2. The lowest BCUT2D eigenvalue weighted by Gasteiger charge is -2.14. The van der Waals surface area contributed by atoms with Crippen molar-refractivity contribution in [2.75, 3.05) is 18.8 Å². The van der Waals surface area contributed by atoms with Crippen molar-refractivity contribution in [2.45, 2.75) is 6.42 Å². The molecule has 0 aromatic heterocycles. The number of nitrogens with zero attached hydrogens (tertiary/aromatic N) is 1. The van der Waals surface area contributed by atoms with Crippen molar-refractivity contribution in [3.05, 3.63) is 0 Å². The molecule has 3 N–H and O–H groups in total. The van der Waals surface area contributed by atoms with E-state index < -0.39 is 27.7 Å². The van der Waals surface area contributed by atoms with Gasteiger partial charge in [0.2, 0.25) is 11.8 Å². The Morgan fingerprint density at radius 1 is 1.60 bits per heavy atom. The van der Waals surface area contributed by atoms with Crippen molar-refractivity contribution in [1.82, 2.24) is 4.90 Å². The Balaban J connectivity index is 2.52. The molecular weight excluding hydrogens is 224 g/mol. The van der Waals surface area contributed by atoms with E-state index in [2.05, 4.69) is 0 Å². The van der Waals surface area contributed by atoms with Gasteiger partial charge >= 0.3 is 0 Å². The summed E-state index contributed by atoms with van der Waals surface area (Å²) >= 11 is 0. The third-order valence-electron chi connectivity index (χ3n) is 2.24. The normalized spacial score (nSPS) is 22.1. The molecule has 0 spiro atoms. The minimum Gasteiger partial charge on any atom is -0.369 e. The highest BCUT2D eigenvalue weighted by molar-refractivity contribution is 7.85. The molecule has 0 saturated carbocycles. The highest BCUT2D eigenvalue weighted by atomic mass is 32.2. The first-order valence-corrected chi connectivity index (χ1v) is 5.93. The van der Waals surface area contributed by atoms with Gasteiger partial charge in [0.25, 0.3) is 10.1 Å². The van der Waals surface area contributed by atoms with E-state index in [0.717, 1.165) is 0 Å². The van der Waals surface area contributed by atoms with Gasteiger partial charge in [0, 0.05) is 19.5 Å². The van der Waals surface area contributed by atoms with E-state index in [-0.39, 0.29) is 25.4 Å². The Morgan fingerprint density at radius 3 is 2.60 bits per heavy atom. The van der Waals surface area contributed by atoms with Crippen molar-refractivity contribution < 1.29 is 22.6 Å². The molecule has 1 unspecified atom stereocenters. The van der Waals surface area contributed by atoms with Gasteiger partial charge in [-0.25, -0.2) is 0 Å². The smallest absolute Gasteiger partial charge is 0.266 e. The van der Waals surface area contributed by atoms with Crippen LogP contribution in [0.1, 0.15) is 6.42 Å². The Hall–Kier alpha value is -1.15. The fraction of sp³-hybridized carbons (Fsp3) is 0.714. The van der Waals surface area contributed by atoms with E-state index in [0.29, 0.717) is 0 Å². The van der Waals surface area contributed by atoms with Gasteiger partial charge in [-0.3, -0.25) is 14.1 Å². The van der Waals surface area contributed by atoms with E-state index >= 15 is 0 Å². The van der Waals surface area contributed by atoms with Crippen LogP contribution in [0.2, 0.25) is 0 Å². The molecule has 0 bridgehead atoms. The van der Waals surface area contributed by atoms with Crippen LogP contribution in [0.4, 0.5) is 0 Å². The first-order chi connectivity index (χ1) is 6.79. The minimum atomic E-state index is -4.08. The van der Waals surface area contributed by atoms with Crippen LogP contribution in [0, 0.1) is 5.92 Å². The third-order valence-corrected chi connectivity index (χ3v) is 2.93. The molecule has 0 aromatic carbocycles. The number of nitrogens with two attached hydrogens (primary N) is 1. The predicted octanol–water partition coefficient (Wildman–Crippen LogP) is -1.79. The highest BCUT2D eigenvalue weighted by Crippen LogP contribution is 2.16. The quantitative estimate of drug-likeness (QED) is 0.559. The van der Waals surface area contributed by atoms with Gasteiger partial charge in [-0.2, -0.15) is 8.42 Å². The van der Waals surface area contributed by atoms with Crippen LogP contribution in [0.15, 0.2) is 0 Å². The summed E-state index contributed by atoms with van der Waals surface area (Å²) in [6.45, 7) is 0.0190. The van der Waals surface area contributed by atoms with Gasteiger partial charge in [0.05, 0.1) is 11.7 Å². The zero-order valence-electron chi connectivity index (χ0n) is 7.92. The Labute approximate surface area is 87.0 Å². The van der Waals surface area contributed by atoms with Crippen molar-refractivity contribution in [2.24, 2.45) is 11.7 Å². The molecular formula is C7H12N2O5S. The van der Waals surface area contributed by atoms with E-state index in [1.54, 1.807) is 0 Å². The van der Waals surface area contributed by atoms with Crippen LogP contribution in [0.5, 0.6) is 0 Å². The topological polar surface area (TPSA) is 118 Å². The number of carbonyl (C=O) groups is 2. The maximum atomic E-state index is 11.2. The fourth-order valence-electron chi connectivity index (χ4n) is 1.40. The van der Waals surface area contributed by atoms with Crippen molar-refractivity contribution in [3.8, 4) is 0 Å². The molecule has 0 aromatic rings. The summed E-state index contributed by atoms with van der Waals surface area (Å²) in [4.78, 5) is 23.2. The molecule has 1 atom stereocenters. The third kappa shape index (κ3) is 3.48. The molecule has 1 rings (SSSR count). The molecule has 1 fully saturated rings. The number of primary amides is 1. The van der Waals surface area contributed by atoms with E-state index in [1.807, 2.05) is 0 Å². The summed E-state index contributed by atoms with van der Waals surface area (Å²) in [5.41, 5.74) is 5.02. The van der Waals surface area contributed by atoms with E-state index in [9.17, 15) is 18.0 Å². The summed E-state index contributed by atoms with van der Waals surface area (Å²) in [5, 5.41) is 0. The minimum absolute atomic E-state index is 0.0147. The van der Waals surface area contributed by atoms with Gasteiger partial charge in [-0.05, 0) is 0 Å². The Bertz CT molecular complexity index is 377. The molecule has 0 aliphatic carbocycles. The summed E-state index contributed by atoms with van der Waals surface area (Å²) in [6.07, 6.45) is 0.0147. The van der Waals surface area contributed by atoms with Crippen LogP contribution in [-0.2, 0) is 19.7 Å². The van der Waals surface area contributed by atoms with E-state index in [1.165, 1.54) is 4.90 Å². The zero-order chi connectivity index (χ0) is 11.6. The predicted molar refractivity (Wildman–Crippen MR) is 50.3 cm³/mol. The molecule has 86 valence electrons. The van der Waals surface area contributed by atoms with Crippen LogP contribution in [0.25, 0.3) is 0 Å². The van der Waals surface area contributed by atoms with Gasteiger partial charge < -0.3 is 10.6 Å². The molecule has 7 nitrogen and oxygen atoms in total. The van der Waals surface area contributed by atoms with Crippen LogP contribution in [-0.4, -0.2) is 48.5 Å². The molecule has 1 saturated heterocycles. The first-order valence-electron chi connectivity index (χ1n) is 4.32. The molecule has 1 heterocycles. The van der Waals surface area contributed by atoms with Gasteiger partial charge in [0.1, 0.15) is 0 Å². The second-order valence-corrected chi connectivity index (χ2v) is 5.00. The largest absolute Gasteiger partial charge is 0.369 e. The first kappa shape index (κ1) is 11.9. The summed E-state index contributed by atoms with van der Waals surface area (Å²) in [6, 6.07) is 0. The van der Waals surface area contributed by atoms with Gasteiger partial charge in [0.15, 0.2) is 0 Å². The summed E-state index contributed by atoms with van der Waals surface area (Å²) in [5.74, 6) is -1.97. The fourth-order valence-corrected chi connectivity index (χ4v) is 1.86. The Kier molecular flexibility index (Phi) is 3.30. The lowest BCUT2D eigenvalue weighted by atomic mass is 10.1. The molecule has 1 aliphatic heterocycles. The average molecular weight is 236 g/mol. The lowest BCUT2D eigenvalue weighted by Crippen LogP contribution is -2.32. The molecule has 1 aliphatic rings. The molecule has 8 heteroatoms. The second-order valence-electron chi connectivity index (χ2n) is 3.43. The number of hydrogen-bond acceptors (Lipinski definition) is 4. The van der Waals surface area contributed by atoms with Crippen LogP contribution < -0.4 is 5.73 Å². The standard InChI is InChI=1S/C7H12N2O5S/c8-7(11)5-3-6(10)9(4-5)1-2-15(12,13)14/h5H,1-4H2,(H2,8,11)(H,12,13,14). The number of rotatable bonds is 4.